The molecule has 1 aliphatic heterocycles. The van der Waals surface area contributed by atoms with E-state index in [1.54, 1.807) is 6.92 Å². The molecule has 0 radical (unpaired) electrons. The zero-order valence-corrected chi connectivity index (χ0v) is 10.3. The van der Waals surface area contributed by atoms with E-state index in [4.69, 9.17) is 0 Å². The van der Waals surface area contributed by atoms with Gasteiger partial charge in [0.2, 0.25) is 0 Å². The molecule has 1 heterocycles. The van der Waals surface area contributed by atoms with Gasteiger partial charge in [0.05, 0.1) is 0 Å². The summed E-state index contributed by atoms with van der Waals surface area (Å²) in [6.07, 6.45) is 0.916. The lowest BCUT2D eigenvalue weighted by Crippen LogP contribution is -2.28. The van der Waals surface area contributed by atoms with Gasteiger partial charge < -0.3 is 5.32 Å². The summed E-state index contributed by atoms with van der Waals surface area (Å²) in [4.78, 5) is 0. The van der Waals surface area contributed by atoms with Gasteiger partial charge in [-0.3, -0.25) is 0 Å². The molecule has 0 aromatic heterocycles. The van der Waals surface area contributed by atoms with Gasteiger partial charge in [0.15, 0.2) is 0 Å². The summed E-state index contributed by atoms with van der Waals surface area (Å²) in [5, 5.41) is 3.21. The van der Waals surface area contributed by atoms with Crippen molar-refractivity contribution in [1.29, 1.82) is 0 Å². The van der Waals surface area contributed by atoms with Crippen molar-refractivity contribution in [2.45, 2.75) is 19.0 Å². The standard InChI is InChI=1S/C12H15BrFN/c1-12(14,10-5-6-15-8-10)9-3-2-4-11(13)7-9/h2-4,7,10,15H,5-6,8H2,1H3. The fourth-order valence-corrected chi connectivity index (χ4v) is 2.54. The van der Waals surface area contributed by atoms with Crippen molar-refractivity contribution in [3.8, 4) is 0 Å². The molecule has 1 aromatic carbocycles. The fourth-order valence-electron chi connectivity index (χ4n) is 2.15. The SMILES string of the molecule is CC(F)(c1cccc(Br)c1)C1CCNC1. The van der Waals surface area contributed by atoms with Gasteiger partial charge in [0, 0.05) is 16.9 Å². The van der Waals surface area contributed by atoms with Crippen LogP contribution in [0.1, 0.15) is 18.9 Å². The topological polar surface area (TPSA) is 12.0 Å². The van der Waals surface area contributed by atoms with E-state index in [0.29, 0.717) is 0 Å². The molecule has 0 aliphatic carbocycles. The minimum absolute atomic E-state index is 0.0896. The van der Waals surface area contributed by atoms with Crippen LogP contribution in [0.5, 0.6) is 0 Å². The summed E-state index contributed by atoms with van der Waals surface area (Å²) >= 11 is 3.38. The third-order valence-electron chi connectivity index (χ3n) is 3.22. The second kappa shape index (κ2) is 4.22. The number of benzene rings is 1. The summed E-state index contributed by atoms with van der Waals surface area (Å²) in [7, 11) is 0. The quantitative estimate of drug-likeness (QED) is 0.871. The highest BCUT2D eigenvalue weighted by Crippen LogP contribution is 2.37. The summed E-state index contributed by atoms with van der Waals surface area (Å²) < 4.78 is 15.6. The van der Waals surface area contributed by atoms with Crippen LogP contribution in [-0.4, -0.2) is 13.1 Å². The smallest absolute Gasteiger partial charge is 0.137 e. The summed E-state index contributed by atoms with van der Waals surface area (Å²) in [5.41, 5.74) is -0.460. The predicted molar refractivity (Wildman–Crippen MR) is 63.6 cm³/mol. The average molecular weight is 272 g/mol. The maximum Gasteiger partial charge on any atom is 0.137 e. The van der Waals surface area contributed by atoms with Gasteiger partial charge in [-0.2, -0.15) is 0 Å². The molecule has 1 aromatic rings. The number of halogens is 2. The van der Waals surface area contributed by atoms with E-state index in [1.807, 2.05) is 24.3 Å². The second-order valence-corrected chi connectivity index (χ2v) is 5.19. The highest BCUT2D eigenvalue weighted by molar-refractivity contribution is 9.10. The number of alkyl halides is 1. The number of rotatable bonds is 2. The Morgan fingerprint density at radius 1 is 1.53 bits per heavy atom. The Morgan fingerprint density at radius 3 is 2.93 bits per heavy atom. The average Bonchev–Trinajstić information content (AvgIpc) is 2.71. The van der Waals surface area contributed by atoms with E-state index < -0.39 is 5.67 Å². The molecule has 2 unspecified atom stereocenters. The van der Waals surface area contributed by atoms with Crippen LogP contribution in [0.15, 0.2) is 28.7 Å². The van der Waals surface area contributed by atoms with Crippen molar-refractivity contribution < 1.29 is 4.39 Å². The van der Waals surface area contributed by atoms with Crippen LogP contribution >= 0.6 is 15.9 Å². The third kappa shape index (κ3) is 2.23. The number of hydrogen-bond donors (Lipinski definition) is 1. The normalized spacial score (nSPS) is 25.1. The van der Waals surface area contributed by atoms with Crippen LogP contribution in [0, 0.1) is 5.92 Å². The van der Waals surface area contributed by atoms with Crippen molar-refractivity contribution in [3.63, 3.8) is 0 Å². The molecule has 0 amide bonds. The Labute approximate surface area is 98.2 Å². The molecule has 1 aliphatic rings. The molecule has 0 saturated carbocycles. The maximum absolute atomic E-state index is 14.6. The molecule has 82 valence electrons. The zero-order valence-electron chi connectivity index (χ0n) is 8.76. The lowest BCUT2D eigenvalue weighted by molar-refractivity contribution is 0.112. The number of nitrogens with one attached hydrogen (secondary N) is 1. The highest BCUT2D eigenvalue weighted by atomic mass is 79.9. The van der Waals surface area contributed by atoms with Gasteiger partial charge in [0.1, 0.15) is 5.67 Å². The molecule has 2 atom stereocenters. The minimum atomic E-state index is -1.23. The van der Waals surface area contributed by atoms with E-state index in [-0.39, 0.29) is 5.92 Å². The molecule has 1 saturated heterocycles. The highest BCUT2D eigenvalue weighted by Gasteiger charge is 2.37. The zero-order chi connectivity index (χ0) is 10.9. The van der Waals surface area contributed by atoms with Crippen molar-refractivity contribution in [2.24, 2.45) is 5.92 Å². The van der Waals surface area contributed by atoms with Crippen LogP contribution in [0.2, 0.25) is 0 Å². The van der Waals surface area contributed by atoms with E-state index >= 15 is 0 Å². The predicted octanol–water partition coefficient (Wildman–Crippen LogP) is 3.24. The largest absolute Gasteiger partial charge is 0.316 e. The van der Waals surface area contributed by atoms with Gasteiger partial charge in [-0.15, -0.1) is 0 Å². The maximum atomic E-state index is 14.6. The van der Waals surface area contributed by atoms with E-state index in [1.165, 1.54) is 0 Å². The lowest BCUT2D eigenvalue weighted by Gasteiger charge is -2.27. The lowest BCUT2D eigenvalue weighted by atomic mass is 9.84. The third-order valence-corrected chi connectivity index (χ3v) is 3.71. The minimum Gasteiger partial charge on any atom is -0.316 e. The summed E-state index contributed by atoms with van der Waals surface area (Å²) in [6.45, 7) is 3.39. The van der Waals surface area contributed by atoms with Crippen LogP contribution in [0.4, 0.5) is 4.39 Å². The van der Waals surface area contributed by atoms with Crippen LogP contribution in [0.3, 0.4) is 0 Å². The molecule has 0 bridgehead atoms. The molecule has 2 rings (SSSR count). The van der Waals surface area contributed by atoms with Gasteiger partial charge >= 0.3 is 0 Å². The first-order valence-electron chi connectivity index (χ1n) is 5.26. The van der Waals surface area contributed by atoms with Crippen LogP contribution < -0.4 is 5.32 Å². The molecule has 0 spiro atoms. The first kappa shape index (κ1) is 11.1. The van der Waals surface area contributed by atoms with Gasteiger partial charge in [-0.05, 0) is 37.6 Å². The van der Waals surface area contributed by atoms with E-state index in [2.05, 4.69) is 21.2 Å². The van der Waals surface area contributed by atoms with Crippen LogP contribution in [0.25, 0.3) is 0 Å². The number of hydrogen-bond acceptors (Lipinski definition) is 1. The van der Waals surface area contributed by atoms with Crippen molar-refractivity contribution in [2.75, 3.05) is 13.1 Å². The molecule has 1 N–H and O–H groups in total. The van der Waals surface area contributed by atoms with Crippen molar-refractivity contribution >= 4 is 15.9 Å². The Bertz CT molecular complexity index is 345. The van der Waals surface area contributed by atoms with E-state index in [9.17, 15) is 4.39 Å². The van der Waals surface area contributed by atoms with Gasteiger partial charge in [-0.25, -0.2) is 4.39 Å². The Kier molecular flexibility index (Phi) is 3.12. The Morgan fingerprint density at radius 2 is 2.33 bits per heavy atom. The second-order valence-electron chi connectivity index (χ2n) is 4.28. The van der Waals surface area contributed by atoms with Crippen LogP contribution in [-0.2, 0) is 5.67 Å². The van der Waals surface area contributed by atoms with Crippen molar-refractivity contribution in [1.82, 2.24) is 5.32 Å². The Balaban J connectivity index is 2.27. The van der Waals surface area contributed by atoms with Crippen molar-refractivity contribution in [3.05, 3.63) is 34.3 Å². The first-order chi connectivity index (χ1) is 7.10. The fraction of sp³-hybridized carbons (Fsp3) is 0.500. The molecule has 15 heavy (non-hydrogen) atoms. The Hall–Kier alpha value is -0.410. The molecule has 1 nitrogen and oxygen atoms in total. The molecule has 1 fully saturated rings. The van der Waals surface area contributed by atoms with Gasteiger partial charge in [0.25, 0.3) is 0 Å². The summed E-state index contributed by atoms with van der Waals surface area (Å²) in [5.74, 6) is 0.0896. The van der Waals surface area contributed by atoms with Gasteiger partial charge in [-0.1, -0.05) is 28.1 Å². The molecular formula is C12H15BrFN. The van der Waals surface area contributed by atoms with E-state index in [0.717, 1.165) is 29.5 Å². The first-order valence-corrected chi connectivity index (χ1v) is 6.05. The monoisotopic (exact) mass is 271 g/mol. The summed E-state index contributed by atoms with van der Waals surface area (Å²) in [6, 6.07) is 7.55. The molecule has 3 heteroatoms. The molecular weight excluding hydrogens is 257 g/mol.